The maximum Gasteiger partial charge on any atom is 0.258 e. The van der Waals surface area contributed by atoms with Crippen LogP contribution in [0.4, 0.5) is 8.78 Å². The Morgan fingerprint density at radius 1 is 1.22 bits per heavy atom. The van der Waals surface area contributed by atoms with E-state index in [4.69, 9.17) is 0 Å². The average molecular weight is 321 g/mol. The maximum absolute atomic E-state index is 14.0. The predicted molar refractivity (Wildman–Crippen MR) is 89.1 cm³/mol. The smallest absolute Gasteiger partial charge is 0.258 e. The molecule has 0 spiro atoms. The number of carbonyl (C=O) groups excluding carboxylic acids is 1. The summed E-state index contributed by atoms with van der Waals surface area (Å²) in [5.41, 5.74) is -0.728. The van der Waals surface area contributed by atoms with Crippen molar-refractivity contribution in [3.63, 3.8) is 0 Å². The summed E-state index contributed by atoms with van der Waals surface area (Å²) in [5, 5.41) is 0. The summed E-state index contributed by atoms with van der Waals surface area (Å²) in [6, 6.07) is 3.07. The van der Waals surface area contributed by atoms with Gasteiger partial charge < -0.3 is 4.90 Å². The van der Waals surface area contributed by atoms with E-state index >= 15 is 0 Å². The lowest BCUT2D eigenvalue weighted by atomic mass is 9.89. The van der Waals surface area contributed by atoms with Crippen LogP contribution in [0.1, 0.15) is 63.7 Å². The van der Waals surface area contributed by atoms with E-state index in [1.807, 2.05) is 20.8 Å². The van der Waals surface area contributed by atoms with Crippen LogP contribution < -0.4 is 0 Å². The zero-order valence-corrected chi connectivity index (χ0v) is 14.4. The summed E-state index contributed by atoms with van der Waals surface area (Å²) in [6.07, 6.45) is 3.03. The molecule has 1 aromatic carbocycles. The molecular formula is C19H25F2NO. The van der Waals surface area contributed by atoms with Crippen LogP contribution in [0.3, 0.4) is 0 Å². The molecule has 0 saturated carbocycles. The lowest BCUT2D eigenvalue weighted by molar-refractivity contribution is 0.0561. The molecule has 0 fully saturated rings. The fraction of sp³-hybridized carbons (Fsp3) is 0.526. The standard InChI is InChI=1S/C19H25F2NO/c1-5-9-13-22(19(7-3,8-4)12-6-2)18(23)16-11-10-15(20)14-17(16)21/h10-11,14H,5,7-9,13H2,1-4H3. The minimum absolute atomic E-state index is 0.105. The van der Waals surface area contributed by atoms with Crippen molar-refractivity contribution in [1.82, 2.24) is 4.90 Å². The van der Waals surface area contributed by atoms with Gasteiger partial charge in [0.25, 0.3) is 5.91 Å². The average Bonchev–Trinajstić information content (AvgIpc) is 2.53. The number of unbranched alkanes of at least 4 members (excludes halogenated alkanes) is 1. The molecule has 1 amide bonds. The van der Waals surface area contributed by atoms with Crippen LogP contribution in [0.25, 0.3) is 0 Å². The molecule has 0 unspecified atom stereocenters. The van der Waals surface area contributed by atoms with Gasteiger partial charge in [0.05, 0.1) is 5.56 Å². The second-order valence-corrected chi connectivity index (χ2v) is 5.55. The highest BCUT2D eigenvalue weighted by Crippen LogP contribution is 2.27. The quantitative estimate of drug-likeness (QED) is 0.661. The second kappa shape index (κ2) is 8.67. The molecule has 1 aromatic rings. The van der Waals surface area contributed by atoms with Gasteiger partial charge >= 0.3 is 0 Å². The fourth-order valence-electron chi connectivity index (χ4n) is 2.74. The van der Waals surface area contributed by atoms with Crippen molar-refractivity contribution in [3.8, 4) is 11.8 Å². The van der Waals surface area contributed by atoms with E-state index in [0.717, 1.165) is 25.0 Å². The van der Waals surface area contributed by atoms with Crippen molar-refractivity contribution < 1.29 is 13.6 Å². The highest BCUT2D eigenvalue weighted by molar-refractivity contribution is 5.95. The molecule has 126 valence electrons. The zero-order valence-electron chi connectivity index (χ0n) is 14.4. The van der Waals surface area contributed by atoms with E-state index in [-0.39, 0.29) is 5.56 Å². The largest absolute Gasteiger partial charge is 0.322 e. The molecule has 0 saturated heterocycles. The third-order valence-corrected chi connectivity index (χ3v) is 4.19. The van der Waals surface area contributed by atoms with Crippen LogP contribution in [0.15, 0.2) is 18.2 Å². The molecule has 0 N–H and O–H groups in total. The summed E-state index contributed by atoms with van der Waals surface area (Å²) in [6.45, 7) is 8.22. The Hall–Kier alpha value is -1.89. The van der Waals surface area contributed by atoms with Crippen LogP contribution in [0.5, 0.6) is 0 Å². The Balaban J connectivity index is 3.33. The summed E-state index contributed by atoms with van der Waals surface area (Å²) < 4.78 is 27.2. The number of carbonyl (C=O) groups is 1. The Labute approximate surface area is 137 Å². The molecule has 1 rings (SSSR count). The van der Waals surface area contributed by atoms with Gasteiger partial charge in [-0.1, -0.05) is 33.1 Å². The highest BCUT2D eigenvalue weighted by atomic mass is 19.1. The number of benzene rings is 1. The molecule has 0 atom stereocenters. The van der Waals surface area contributed by atoms with Crippen LogP contribution in [-0.2, 0) is 0 Å². The van der Waals surface area contributed by atoms with Gasteiger partial charge in [0.2, 0.25) is 0 Å². The highest BCUT2D eigenvalue weighted by Gasteiger charge is 2.36. The molecule has 0 aliphatic carbocycles. The van der Waals surface area contributed by atoms with Crippen LogP contribution in [-0.4, -0.2) is 22.9 Å². The summed E-state index contributed by atoms with van der Waals surface area (Å²) in [5.74, 6) is 4.09. The lowest BCUT2D eigenvalue weighted by Crippen LogP contribution is -2.51. The fourth-order valence-corrected chi connectivity index (χ4v) is 2.74. The first-order valence-corrected chi connectivity index (χ1v) is 8.16. The zero-order chi connectivity index (χ0) is 17.5. The maximum atomic E-state index is 14.0. The van der Waals surface area contributed by atoms with E-state index in [1.165, 1.54) is 6.07 Å². The Bertz CT molecular complexity index is 597. The lowest BCUT2D eigenvalue weighted by Gasteiger charge is -2.39. The molecule has 0 heterocycles. The van der Waals surface area contributed by atoms with Crippen molar-refractivity contribution in [1.29, 1.82) is 0 Å². The number of rotatable bonds is 7. The first-order chi connectivity index (χ1) is 11.0. The molecule has 0 bridgehead atoms. The van der Waals surface area contributed by atoms with Gasteiger partial charge in [-0.25, -0.2) is 8.78 Å². The van der Waals surface area contributed by atoms with Crippen molar-refractivity contribution in [2.24, 2.45) is 0 Å². The SMILES string of the molecule is CC#CC(CC)(CC)N(CCCC)C(=O)c1ccc(F)cc1F. The first-order valence-electron chi connectivity index (χ1n) is 8.16. The van der Waals surface area contributed by atoms with Crippen molar-refractivity contribution >= 4 is 5.91 Å². The minimum atomic E-state index is -0.831. The number of nitrogens with zero attached hydrogens (tertiary/aromatic N) is 1. The van der Waals surface area contributed by atoms with Gasteiger partial charge in [-0.05, 0) is 38.3 Å². The van der Waals surface area contributed by atoms with E-state index in [1.54, 1.807) is 11.8 Å². The summed E-state index contributed by atoms with van der Waals surface area (Å²) >= 11 is 0. The van der Waals surface area contributed by atoms with E-state index < -0.39 is 23.1 Å². The number of hydrogen-bond acceptors (Lipinski definition) is 1. The van der Waals surface area contributed by atoms with Crippen molar-refractivity contribution in [3.05, 3.63) is 35.4 Å². The van der Waals surface area contributed by atoms with Crippen molar-refractivity contribution in [2.75, 3.05) is 6.54 Å². The molecule has 0 aromatic heterocycles. The number of halogens is 2. The van der Waals surface area contributed by atoms with Gasteiger partial charge in [-0.3, -0.25) is 4.79 Å². The number of hydrogen-bond donors (Lipinski definition) is 0. The molecule has 2 nitrogen and oxygen atoms in total. The third-order valence-electron chi connectivity index (χ3n) is 4.19. The van der Waals surface area contributed by atoms with Gasteiger partial charge in [0.1, 0.15) is 17.2 Å². The topological polar surface area (TPSA) is 20.3 Å². The van der Waals surface area contributed by atoms with Crippen molar-refractivity contribution in [2.45, 2.75) is 58.9 Å². The Morgan fingerprint density at radius 2 is 1.87 bits per heavy atom. The third kappa shape index (κ3) is 4.31. The molecule has 23 heavy (non-hydrogen) atoms. The van der Waals surface area contributed by atoms with Crippen LogP contribution in [0, 0.1) is 23.5 Å². The van der Waals surface area contributed by atoms with Gasteiger partial charge in [0, 0.05) is 12.6 Å². The van der Waals surface area contributed by atoms with Gasteiger partial charge in [-0.15, -0.1) is 5.92 Å². The molecule has 0 aliphatic heterocycles. The second-order valence-electron chi connectivity index (χ2n) is 5.55. The van der Waals surface area contributed by atoms with E-state index in [9.17, 15) is 13.6 Å². The normalized spacial score (nSPS) is 10.9. The predicted octanol–water partition coefficient (Wildman–Crippen LogP) is 4.79. The number of amides is 1. The minimum Gasteiger partial charge on any atom is -0.322 e. The summed E-state index contributed by atoms with van der Waals surface area (Å²) in [4.78, 5) is 14.6. The summed E-state index contributed by atoms with van der Waals surface area (Å²) in [7, 11) is 0. The molecule has 0 radical (unpaired) electrons. The molecular weight excluding hydrogens is 296 g/mol. The molecule has 0 aliphatic rings. The van der Waals surface area contributed by atoms with Crippen LogP contribution >= 0.6 is 0 Å². The van der Waals surface area contributed by atoms with Gasteiger partial charge in [-0.2, -0.15) is 0 Å². The molecule has 4 heteroatoms. The Morgan fingerprint density at radius 3 is 2.35 bits per heavy atom. The Kier molecular flexibility index (Phi) is 7.22. The first kappa shape index (κ1) is 19.2. The van der Waals surface area contributed by atoms with Gasteiger partial charge in [0.15, 0.2) is 0 Å². The van der Waals surface area contributed by atoms with E-state index in [0.29, 0.717) is 19.4 Å². The monoisotopic (exact) mass is 321 g/mol. The van der Waals surface area contributed by atoms with E-state index in [2.05, 4.69) is 11.8 Å². The van der Waals surface area contributed by atoms with Crippen LogP contribution in [0.2, 0.25) is 0 Å².